The second-order valence-corrected chi connectivity index (χ2v) is 9.43. The van der Waals surface area contributed by atoms with E-state index in [2.05, 4.69) is 0 Å². The topological polar surface area (TPSA) is 101 Å². The Morgan fingerprint density at radius 1 is 1.03 bits per heavy atom. The van der Waals surface area contributed by atoms with Crippen molar-refractivity contribution < 1.29 is 22.7 Å². The van der Waals surface area contributed by atoms with E-state index in [0.717, 1.165) is 17.7 Å². The van der Waals surface area contributed by atoms with Gasteiger partial charge in [0, 0.05) is 12.1 Å². The number of sulfone groups is 1. The molecule has 1 aliphatic heterocycles. The van der Waals surface area contributed by atoms with Crippen LogP contribution >= 0.6 is 0 Å². The number of nitrogens with two attached hydrogens (primary N) is 1. The number of phenolic OH excluding ortho intramolecular Hbond substituents is 1. The molecule has 0 aliphatic carbocycles. The summed E-state index contributed by atoms with van der Waals surface area (Å²) in [6, 6.07) is 17.4. The Bertz CT molecular complexity index is 1230. The van der Waals surface area contributed by atoms with Gasteiger partial charge in [0.15, 0.2) is 5.37 Å². The van der Waals surface area contributed by atoms with Crippen LogP contribution in [-0.4, -0.2) is 36.3 Å². The van der Waals surface area contributed by atoms with Crippen LogP contribution in [0.4, 0.5) is 4.39 Å². The highest BCUT2D eigenvalue weighted by Crippen LogP contribution is 2.39. The van der Waals surface area contributed by atoms with Crippen LogP contribution in [-0.2, 0) is 21.1 Å². The van der Waals surface area contributed by atoms with Crippen molar-refractivity contribution in [2.75, 3.05) is 6.54 Å². The Balaban J connectivity index is 1.79. The van der Waals surface area contributed by atoms with E-state index in [-0.39, 0.29) is 22.8 Å². The van der Waals surface area contributed by atoms with E-state index in [0.29, 0.717) is 12.0 Å². The normalized spacial score (nSPS) is 17.1. The van der Waals surface area contributed by atoms with Crippen molar-refractivity contribution in [1.29, 1.82) is 0 Å². The van der Waals surface area contributed by atoms with Crippen LogP contribution in [0, 0.1) is 5.82 Å². The standard InChI is InChI=1S/C23H21FN2O4S/c24-16-10-11-20(27)19(14-16)21-18-9-5-4-6-15(18)12-13-26(21)23(28)22(25)31(29,30)17-7-2-1-3-8-17/h1-11,14,21-22,27H,12-13,25H2. The maximum atomic E-state index is 14.0. The van der Waals surface area contributed by atoms with Crippen molar-refractivity contribution in [3.63, 3.8) is 0 Å². The molecule has 1 aliphatic rings. The highest BCUT2D eigenvalue weighted by Gasteiger charge is 2.40. The molecule has 3 aromatic rings. The zero-order chi connectivity index (χ0) is 22.2. The van der Waals surface area contributed by atoms with Crippen molar-refractivity contribution in [2.45, 2.75) is 22.7 Å². The number of benzene rings is 3. The van der Waals surface area contributed by atoms with E-state index in [9.17, 15) is 22.7 Å². The number of carbonyl (C=O) groups is 1. The van der Waals surface area contributed by atoms with Crippen molar-refractivity contribution in [1.82, 2.24) is 4.90 Å². The minimum Gasteiger partial charge on any atom is -0.508 e. The smallest absolute Gasteiger partial charge is 0.256 e. The highest BCUT2D eigenvalue weighted by atomic mass is 32.2. The summed E-state index contributed by atoms with van der Waals surface area (Å²) in [7, 11) is -4.14. The van der Waals surface area contributed by atoms with Crippen molar-refractivity contribution in [3.8, 4) is 5.75 Å². The monoisotopic (exact) mass is 440 g/mol. The molecule has 6 nitrogen and oxygen atoms in total. The predicted octanol–water partition coefficient (Wildman–Crippen LogP) is 2.76. The first-order valence-corrected chi connectivity index (χ1v) is 11.3. The van der Waals surface area contributed by atoms with Crippen LogP contribution in [0.25, 0.3) is 0 Å². The first kappa shape index (κ1) is 21.0. The zero-order valence-corrected chi connectivity index (χ0v) is 17.3. The summed E-state index contributed by atoms with van der Waals surface area (Å²) >= 11 is 0. The molecule has 4 rings (SSSR count). The number of fused-ring (bicyclic) bond motifs is 1. The van der Waals surface area contributed by atoms with Gasteiger partial charge < -0.3 is 15.7 Å². The fourth-order valence-electron chi connectivity index (χ4n) is 3.94. The van der Waals surface area contributed by atoms with Gasteiger partial charge in [-0.3, -0.25) is 4.79 Å². The first-order valence-electron chi connectivity index (χ1n) is 9.72. The number of carbonyl (C=O) groups excluding carboxylic acids is 1. The number of phenols is 1. The highest BCUT2D eigenvalue weighted by molar-refractivity contribution is 7.92. The van der Waals surface area contributed by atoms with Crippen LogP contribution in [0.1, 0.15) is 22.7 Å². The molecule has 0 spiro atoms. The molecule has 1 amide bonds. The quantitative estimate of drug-likeness (QED) is 0.650. The number of halogens is 1. The summed E-state index contributed by atoms with van der Waals surface area (Å²) in [6.07, 6.45) is 0.479. The molecule has 160 valence electrons. The molecule has 0 saturated carbocycles. The second-order valence-electron chi connectivity index (χ2n) is 7.36. The van der Waals surface area contributed by atoms with E-state index < -0.39 is 33.0 Å². The Labute approximate surface area is 179 Å². The molecular weight excluding hydrogens is 419 g/mol. The van der Waals surface area contributed by atoms with Crippen LogP contribution in [0.5, 0.6) is 5.75 Å². The van der Waals surface area contributed by atoms with Gasteiger partial charge in [-0.15, -0.1) is 0 Å². The summed E-state index contributed by atoms with van der Waals surface area (Å²) in [6.45, 7) is 0.175. The third kappa shape index (κ3) is 3.80. The molecule has 1 heterocycles. The summed E-state index contributed by atoms with van der Waals surface area (Å²) in [5, 5.41) is 8.60. The van der Waals surface area contributed by atoms with Gasteiger partial charge in [0.25, 0.3) is 5.91 Å². The third-order valence-electron chi connectivity index (χ3n) is 5.50. The molecule has 2 atom stereocenters. The minimum absolute atomic E-state index is 0.0570. The lowest BCUT2D eigenvalue weighted by molar-refractivity contribution is -0.132. The van der Waals surface area contributed by atoms with Crippen molar-refractivity contribution in [3.05, 3.63) is 95.3 Å². The Morgan fingerprint density at radius 2 is 1.71 bits per heavy atom. The van der Waals surface area contributed by atoms with Gasteiger partial charge in [0.05, 0.1) is 10.9 Å². The van der Waals surface area contributed by atoms with Crippen LogP contribution in [0.2, 0.25) is 0 Å². The number of nitrogens with zero attached hydrogens (tertiary/aromatic N) is 1. The molecule has 0 radical (unpaired) electrons. The lowest BCUT2D eigenvalue weighted by Crippen LogP contribution is -2.51. The maximum Gasteiger partial charge on any atom is 0.256 e. The molecule has 0 fully saturated rings. The number of aromatic hydroxyl groups is 1. The Hall–Kier alpha value is -3.23. The Morgan fingerprint density at radius 3 is 2.45 bits per heavy atom. The molecule has 3 N–H and O–H groups in total. The van der Waals surface area contributed by atoms with Gasteiger partial charge in [-0.1, -0.05) is 42.5 Å². The van der Waals surface area contributed by atoms with Gasteiger partial charge in [0.2, 0.25) is 9.84 Å². The van der Waals surface area contributed by atoms with Gasteiger partial charge in [-0.05, 0) is 47.9 Å². The second kappa shape index (κ2) is 8.13. The molecule has 8 heteroatoms. The number of amides is 1. The molecule has 2 unspecified atom stereocenters. The number of rotatable bonds is 4. The van der Waals surface area contributed by atoms with Crippen LogP contribution < -0.4 is 5.73 Å². The first-order chi connectivity index (χ1) is 14.8. The average Bonchev–Trinajstić information content (AvgIpc) is 2.79. The molecule has 0 bridgehead atoms. The van der Waals surface area contributed by atoms with Crippen molar-refractivity contribution in [2.24, 2.45) is 5.73 Å². The fourth-order valence-corrected chi connectivity index (χ4v) is 5.17. The van der Waals surface area contributed by atoms with Crippen LogP contribution in [0.15, 0.2) is 77.7 Å². The molecule has 3 aromatic carbocycles. The largest absolute Gasteiger partial charge is 0.508 e. The number of hydrogen-bond acceptors (Lipinski definition) is 5. The van der Waals surface area contributed by atoms with E-state index in [1.54, 1.807) is 30.3 Å². The molecule has 31 heavy (non-hydrogen) atoms. The summed E-state index contributed by atoms with van der Waals surface area (Å²) < 4.78 is 39.9. The maximum absolute atomic E-state index is 14.0. The van der Waals surface area contributed by atoms with Crippen molar-refractivity contribution >= 4 is 15.7 Å². The summed E-state index contributed by atoms with van der Waals surface area (Å²) in [5.74, 6) is -1.59. The number of hydrogen-bond donors (Lipinski definition) is 2. The SMILES string of the molecule is NC(C(=O)N1CCc2ccccc2C1c1cc(F)ccc1O)S(=O)(=O)c1ccccc1. The third-order valence-corrected chi connectivity index (χ3v) is 7.30. The minimum atomic E-state index is -4.14. The molecule has 0 saturated heterocycles. The lowest BCUT2D eigenvalue weighted by atomic mass is 9.87. The van der Waals surface area contributed by atoms with Gasteiger partial charge in [-0.25, -0.2) is 12.8 Å². The van der Waals surface area contributed by atoms with Gasteiger partial charge in [-0.2, -0.15) is 0 Å². The lowest BCUT2D eigenvalue weighted by Gasteiger charge is -2.39. The summed E-state index contributed by atoms with van der Waals surface area (Å²) in [4.78, 5) is 14.6. The molecule has 0 aromatic heterocycles. The van der Waals surface area contributed by atoms with E-state index in [1.807, 2.05) is 12.1 Å². The summed E-state index contributed by atoms with van der Waals surface area (Å²) in [5.41, 5.74) is 7.76. The van der Waals surface area contributed by atoms with Crippen LogP contribution in [0.3, 0.4) is 0 Å². The Kier molecular flexibility index (Phi) is 5.51. The van der Waals surface area contributed by atoms with E-state index in [1.165, 1.54) is 23.1 Å². The molecular formula is C23H21FN2O4S. The van der Waals surface area contributed by atoms with E-state index in [4.69, 9.17) is 5.73 Å². The van der Waals surface area contributed by atoms with Gasteiger partial charge >= 0.3 is 0 Å². The van der Waals surface area contributed by atoms with Gasteiger partial charge in [0.1, 0.15) is 11.6 Å². The average molecular weight is 440 g/mol. The van der Waals surface area contributed by atoms with E-state index >= 15 is 0 Å². The fraction of sp³-hybridized carbons (Fsp3) is 0.174. The zero-order valence-electron chi connectivity index (χ0n) is 16.5. The predicted molar refractivity (Wildman–Crippen MR) is 113 cm³/mol.